The first-order valence-corrected chi connectivity index (χ1v) is 6.40. The predicted molar refractivity (Wildman–Crippen MR) is 48.2 cm³/mol. The van der Waals surface area contributed by atoms with Gasteiger partial charge in [0.25, 0.3) is 0 Å². The predicted octanol–water partition coefficient (Wildman–Crippen LogP) is 0.614. The first-order valence-electron chi connectivity index (χ1n) is 4.06. The molecule has 1 atom stereocenters. The lowest BCUT2D eigenvalue weighted by atomic mass is 10.8. The molecular weight excluding hydrogens is 174 g/mol. The molecule has 0 amide bonds. The van der Waals surface area contributed by atoms with Gasteiger partial charge in [-0.3, -0.25) is 0 Å². The second-order valence-electron chi connectivity index (χ2n) is 2.24. The SMILES string of the molecule is CCOC(OCC)[SiH](C)N=C=O. The van der Waals surface area contributed by atoms with Crippen molar-refractivity contribution in [1.29, 1.82) is 0 Å². The van der Waals surface area contributed by atoms with Crippen molar-refractivity contribution >= 4 is 15.0 Å². The average Bonchev–Trinajstić information content (AvgIpc) is 2.04. The fourth-order valence-corrected chi connectivity index (χ4v) is 2.03. The van der Waals surface area contributed by atoms with Gasteiger partial charge in [0.2, 0.25) is 15.0 Å². The van der Waals surface area contributed by atoms with E-state index in [-0.39, 0.29) is 5.91 Å². The van der Waals surface area contributed by atoms with Gasteiger partial charge >= 0.3 is 0 Å². The van der Waals surface area contributed by atoms with Gasteiger partial charge in [-0.25, -0.2) is 9.45 Å². The zero-order valence-corrected chi connectivity index (χ0v) is 8.90. The van der Waals surface area contributed by atoms with Gasteiger partial charge in [0.1, 0.15) is 0 Å². The highest BCUT2D eigenvalue weighted by Gasteiger charge is 2.18. The van der Waals surface area contributed by atoms with Crippen LogP contribution in [-0.4, -0.2) is 34.2 Å². The standard InChI is InChI=1S/C7H15NO3Si/c1-4-10-7(11-5-2)12(3)8-6-9/h7,12H,4-5H2,1-3H3. The van der Waals surface area contributed by atoms with Crippen LogP contribution in [-0.2, 0) is 14.3 Å². The van der Waals surface area contributed by atoms with Gasteiger partial charge < -0.3 is 9.47 Å². The normalized spacial score (nSPS) is 12.7. The van der Waals surface area contributed by atoms with E-state index in [2.05, 4.69) is 4.66 Å². The third kappa shape index (κ3) is 4.41. The fraction of sp³-hybridized carbons (Fsp3) is 0.857. The minimum absolute atomic E-state index is 0.290. The lowest BCUT2D eigenvalue weighted by Crippen LogP contribution is -2.32. The number of isocyanates is 1. The van der Waals surface area contributed by atoms with Crippen LogP contribution in [0.4, 0.5) is 0 Å². The van der Waals surface area contributed by atoms with Gasteiger partial charge in [0, 0.05) is 13.2 Å². The lowest BCUT2D eigenvalue weighted by molar-refractivity contribution is -0.0852. The fourth-order valence-electron chi connectivity index (χ4n) is 0.799. The summed E-state index contributed by atoms with van der Waals surface area (Å²) in [4.78, 5) is 9.96. The van der Waals surface area contributed by atoms with Gasteiger partial charge in [-0.1, -0.05) is 0 Å². The highest BCUT2D eigenvalue weighted by Crippen LogP contribution is 2.01. The molecule has 0 rings (SSSR count). The van der Waals surface area contributed by atoms with Gasteiger partial charge in [-0.15, -0.1) is 0 Å². The van der Waals surface area contributed by atoms with Gasteiger partial charge in [0.05, 0.1) is 0 Å². The first-order chi connectivity index (χ1) is 5.76. The minimum Gasteiger partial charge on any atom is -0.355 e. The molecule has 0 aliphatic heterocycles. The summed E-state index contributed by atoms with van der Waals surface area (Å²) < 4.78 is 14.2. The lowest BCUT2D eigenvalue weighted by Gasteiger charge is -2.17. The molecule has 0 aromatic carbocycles. The molecule has 0 aliphatic carbocycles. The smallest absolute Gasteiger partial charge is 0.241 e. The second-order valence-corrected chi connectivity index (χ2v) is 4.52. The van der Waals surface area contributed by atoms with E-state index in [1.807, 2.05) is 20.4 Å². The summed E-state index contributed by atoms with van der Waals surface area (Å²) in [6, 6.07) is 0. The van der Waals surface area contributed by atoms with Crippen LogP contribution in [0.3, 0.4) is 0 Å². The summed E-state index contributed by atoms with van der Waals surface area (Å²) in [5.41, 5.74) is 0. The Morgan fingerprint density at radius 1 is 1.42 bits per heavy atom. The zero-order chi connectivity index (χ0) is 9.40. The highest BCUT2D eigenvalue weighted by molar-refractivity contribution is 6.57. The summed E-state index contributed by atoms with van der Waals surface area (Å²) in [5.74, 6) is -0.290. The third-order valence-electron chi connectivity index (χ3n) is 1.31. The van der Waals surface area contributed by atoms with Crippen LogP contribution in [0.2, 0.25) is 6.55 Å². The van der Waals surface area contributed by atoms with Crippen molar-refractivity contribution in [3.63, 3.8) is 0 Å². The first kappa shape index (κ1) is 11.5. The van der Waals surface area contributed by atoms with E-state index < -0.39 is 8.96 Å². The van der Waals surface area contributed by atoms with Crippen LogP contribution in [0.15, 0.2) is 4.66 Å². The Bertz CT molecular complexity index is 153. The molecule has 1 unspecified atom stereocenters. The van der Waals surface area contributed by atoms with Crippen molar-refractivity contribution in [3.8, 4) is 0 Å². The molecule has 0 bridgehead atoms. The second kappa shape index (κ2) is 7.18. The molecular formula is C7H15NO3Si. The van der Waals surface area contributed by atoms with E-state index in [4.69, 9.17) is 9.47 Å². The maximum atomic E-state index is 9.96. The van der Waals surface area contributed by atoms with Gasteiger partial charge in [-0.2, -0.15) is 0 Å². The van der Waals surface area contributed by atoms with Crippen molar-refractivity contribution in [3.05, 3.63) is 0 Å². The van der Waals surface area contributed by atoms with Crippen LogP contribution in [0.25, 0.3) is 0 Å². The largest absolute Gasteiger partial charge is 0.355 e. The Balaban J connectivity index is 3.97. The molecule has 0 aromatic rings. The van der Waals surface area contributed by atoms with E-state index in [1.54, 1.807) is 6.08 Å². The number of ether oxygens (including phenoxy) is 2. The van der Waals surface area contributed by atoms with E-state index >= 15 is 0 Å². The summed E-state index contributed by atoms with van der Waals surface area (Å²) in [7, 11) is -1.60. The van der Waals surface area contributed by atoms with Crippen LogP contribution in [0.1, 0.15) is 13.8 Å². The summed E-state index contributed by atoms with van der Waals surface area (Å²) in [6.07, 6.45) is 1.54. The molecule has 0 aromatic heterocycles. The molecule has 0 aliphatic rings. The van der Waals surface area contributed by atoms with Crippen LogP contribution < -0.4 is 0 Å². The van der Waals surface area contributed by atoms with E-state index in [1.165, 1.54) is 0 Å². The summed E-state index contributed by atoms with van der Waals surface area (Å²) in [5, 5.41) is 0. The van der Waals surface area contributed by atoms with E-state index in [0.29, 0.717) is 13.2 Å². The van der Waals surface area contributed by atoms with Gasteiger partial charge in [-0.05, 0) is 20.4 Å². The van der Waals surface area contributed by atoms with Crippen molar-refractivity contribution in [2.45, 2.75) is 26.3 Å². The van der Waals surface area contributed by atoms with Gasteiger partial charge in [0.15, 0.2) is 5.91 Å². The van der Waals surface area contributed by atoms with Crippen molar-refractivity contribution in [1.82, 2.24) is 0 Å². The Morgan fingerprint density at radius 2 is 1.92 bits per heavy atom. The summed E-state index contributed by atoms with van der Waals surface area (Å²) in [6.45, 7) is 6.82. The van der Waals surface area contributed by atoms with Crippen LogP contribution in [0.5, 0.6) is 0 Å². The average molecular weight is 189 g/mol. The maximum Gasteiger partial charge on any atom is 0.241 e. The van der Waals surface area contributed by atoms with E-state index in [0.717, 1.165) is 0 Å². The number of carbonyl (C=O) groups excluding carboxylic acids is 1. The number of hydrogen-bond donors (Lipinski definition) is 0. The quantitative estimate of drug-likeness (QED) is 0.266. The molecule has 0 N–H and O–H groups in total. The molecule has 5 heteroatoms. The Hall–Kier alpha value is -0.483. The Labute approximate surface area is 74.3 Å². The molecule has 0 fully saturated rings. The Morgan fingerprint density at radius 3 is 2.25 bits per heavy atom. The monoisotopic (exact) mass is 189 g/mol. The minimum atomic E-state index is -1.60. The summed E-state index contributed by atoms with van der Waals surface area (Å²) >= 11 is 0. The highest BCUT2D eigenvalue weighted by atomic mass is 28.3. The van der Waals surface area contributed by atoms with Crippen LogP contribution >= 0.6 is 0 Å². The Kier molecular flexibility index (Phi) is 6.89. The van der Waals surface area contributed by atoms with Crippen LogP contribution in [0, 0.1) is 0 Å². The molecule has 0 heterocycles. The molecule has 4 nitrogen and oxygen atoms in total. The van der Waals surface area contributed by atoms with Crippen molar-refractivity contribution in [2.75, 3.05) is 13.2 Å². The molecule has 12 heavy (non-hydrogen) atoms. The van der Waals surface area contributed by atoms with Crippen molar-refractivity contribution in [2.24, 2.45) is 4.66 Å². The molecule has 0 radical (unpaired) electrons. The van der Waals surface area contributed by atoms with Crippen molar-refractivity contribution < 1.29 is 14.3 Å². The number of nitrogens with zero attached hydrogens (tertiary/aromatic N) is 1. The van der Waals surface area contributed by atoms with E-state index in [9.17, 15) is 4.79 Å². The number of hydrogen-bond acceptors (Lipinski definition) is 4. The molecule has 70 valence electrons. The molecule has 0 saturated carbocycles. The zero-order valence-electron chi connectivity index (χ0n) is 7.74. The molecule has 0 spiro atoms. The topological polar surface area (TPSA) is 47.9 Å². The molecule has 0 saturated heterocycles. The number of rotatable bonds is 6. The maximum absolute atomic E-state index is 9.96. The third-order valence-corrected chi connectivity index (χ3v) is 3.00.